The van der Waals surface area contributed by atoms with Crippen LogP contribution in [0.2, 0.25) is 0 Å². The van der Waals surface area contributed by atoms with Crippen molar-refractivity contribution in [2.75, 3.05) is 0 Å². The zero-order chi connectivity index (χ0) is 7.56. The third-order valence-corrected chi connectivity index (χ3v) is 1.56. The normalized spacial score (nSPS) is 9.80. The summed E-state index contributed by atoms with van der Waals surface area (Å²) in [7, 11) is 0. The van der Waals surface area contributed by atoms with E-state index >= 15 is 0 Å². The molecule has 0 unspecified atom stereocenters. The van der Waals surface area contributed by atoms with Crippen molar-refractivity contribution in [2.45, 2.75) is 13.3 Å². The summed E-state index contributed by atoms with van der Waals surface area (Å²) < 4.78 is 0.591. The summed E-state index contributed by atoms with van der Waals surface area (Å²) in [5.41, 5.74) is 0.595. The fourth-order valence-corrected chi connectivity index (χ4v) is 1.10. The maximum Gasteiger partial charge on any atom is 0.346 e. The van der Waals surface area contributed by atoms with Crippen molar-refractivity contribution in [3.63, 3.8) is 0 Å². The first-order chi connectivity index (χ1) is 4.72. The van der Waals surface area contributed by atoms with Gasteiger partial charge in [-0.05, 0) is 28.4 Å². The Bertz CT molecular complexity index is 281. The molecule has 1 aromatic rings. The Morgan fingerprint density at radius 1 is 1.80 bits per heavy atom. The van der Waals surface area contributed by atoms with E-state index in [1.54, 1.807) is 6.07 Å². The number of hydrogen-bond acceptors (Lipinski definition) is 2. The fourth-order valence-electron chi connectivity index (χ4n) is 0.665. The first-order valence-corrected chi connectivity index (χ1v) is 3.77. The second-order valence-corrected chi connectivity index (χ2v) is 2.70. The van der Waals surface area contributed by atoms with Gasteiger partial charge in [-0.1, -0.05) is 6.92 Å². The fraction of sp³-hybridized carbons (Fsp3) is 0.333. The van der Waals surface area contributed by atoms with E-state index in [0.717, 1.165) is 12.1 Å². The molecule has 4 heteroatoms. The Kier molecular flexibility index (Phi) is 2.21. The van der Waals surface area contributed by atoms with Crippen LogP contribution in [0.3, 0.4) is 0 Å². The summed E-state index contributed by atoms with van der Waals surface area (Å²) >= 11 is 3.12. The molecule has 0 fully saturated rings. The van der Waals surface area contributed by atoms with Crippen molar-refractivity contribution in [1.29, 1.82) is 0 Å². The van der Waals surface area contributed by atoms with Gasteiger partial charge in [0.25, 0.3) is 0 Å². The monoisotopic (exact) mass is 202 g/mol. The second kappa shape index (κ2) is 2.96. The van der Waals surface area contributed by atoms with Gasteiger partial charge in [0, 0.05) is 5.69 Å². The smallest absolute Gasteiger partial charge is 0.310 e. The van der Waals surface area contributed by atoms with Gasteiger partial charge in [0.05, 0.1) is 0 Å². The van der Waals surface area contributed by atoms with Gasteiger partial charge >= 0.3 is 5.69 Å². The molecule has 0 aliphatic rings. The van der Waals surface area contributed by atoms with Crippen LogP contribution in [-0.4, -0.2) is 9.97 Å². The minimum absolute atomic E-state index is 0.300. The lowest BCUT2D eigenvalue weighted by Gasteiger charge is -1.93. The molecule has 0 saturated heterocycles. The standard InChI is InChI=1S/C6H7BrN2O/c1-2-4-3-5(7)9-6(10)8-4/h3H,2H2,1H3,(H,8,9,10). The van der Waals surface area contributed by atoms with E-state index in [4.69, 9.17) is 0 Å². The minimum atomic E-state index is -0.300. The number of aromatic amines is 1. The highest BCUT2D eigenvalue weighted by atomic mass is 79.9. The summed E-state index contributed by atoms with van der Waals surface area (Å²) in [6, 6.07) is 1.79. The Balaban J connectivity index is 3.19. The SMILES string of the molecule is CCc1cc(Br)nc(=O)[nH]1. The van der Waals surface area contributed by atoms with Gasteiger partial charge in [0.2, 0.25) is 0 Å². The van der Waals surface area contributed by atoms with Crippen LogP contribution in [0.15, 0.2) is 15.5 Å². The Labute approximate surface area is 66.6 Å². The van der Waals surface area contributed by atoms with E-state index in [0.29, 0.717) is 4.60 Å². The second-order valence-electron chi connectivity index (χ2n) is 1.89. The molecule has 0 aliphatic heterocycles. The van der Waals surface area contributed by atoms with Crippen molar-refractivity contribution in [2.24, 2.45) is 0 Å². The van der Waals surface area contributed by atoms with E-state index in [2.05, 4.69) is 25.9 Å². The molecule has 0 aromatic carbocycles. The molecular formula is C6H7BrN2O. The number of hydrogen-bond donors (Lipinski definition) is 1. The number of nitrogens with one attached hydrogen (secondary N) is 1. The average molecular weight is 203 g/mol. The lowest BCUT2D eigenvalue weighted by atomic mass is 10.3. The van der Waals surface area contributed by atoms with Gasteiger partial charge in [-0.25, -0.2) is 4.79 Å². The maximum atomic E-state index is 10.7. The number of rotatable bonds is 1. The van der Waals surface area contributed by atoms with E-state index in [9.17, 15) is 4.79 Å². The van der Waals surface area contributed by atoms with E-state index in [-0.39, 0.29) is 5.69 Å². The van der Waals surface area contributed by atoms with Crippen molar-refractivity contribution in [1.82, 2.24) is 9.97 Å². The van der Waals surface area contributed by atoms with Gasteiger partial charge in [-0.2, -0.15) is 4.98 Å². The molecule has 3 nitrogen and oxygen atoms in total. The van der Waals surface area contributed by atoms with E-state index in [1.165, 1.54) is 0 Å². The predicted molar refractivity (Wildman–Crippen MR) is 41.9 cm³/mol. The molecule has 0 saturated carbocycles. The van der Waals surface area contributed by atoms with Gasteiger partial charge in [0.15, 0.2) is 0 Å². The minimum Gasteiger partial charge on any atom is -0.310 e. The van der Waals surface area contributed by atoms with Crippen LogP contribution in [0, 0.1) is 0 Å². The van der Waals surface area contributed by atoms with Crippen molar-refractivity contribution in [3.05, 3.63) is 26.8 Å². The predicted octanol–water partition coefficient (Wildman–Crippen LogP) is 1.09. The molecule has 1 rings (SSSR count). The molecule has 10 heavy (non-hydrogen) atoms. The maximum absolute atomic E-state index is 10.7. The highest BCUT2D eigenvalue weighted by Crippen LogP contribution is 2.02. The van der Waals surface area contributed by atoms with Crippen molar-refractivity contribution >= 4 is 15.9 Å². The van der Waals surface area contributed by atoms with Crippen LogP contribution < -0.4 is 5.69 Å². The average Bonchev–Trinajstić information content (AvgIpc) is 1.85. The molecule has 1 heterocycles. The number of halogens is 1. The van der Waals surface area contributed by atoms with Crippen molar-refractivity contribution in [3.8, 4) is 0 Å². The molecular weight excluding hydrogens is 196 g/mol. The van der Waals surface area contributed by atoms with Crippen LogP contribution in [0.5, 0.6) is 0 Å². The number of nitrogens with zero attached hydrogens (tertiary/aromatic N) is 1. The Hall–Kier alpha value is -0.640. The molecule has 0 radical (unpaired) electrons. The molecule has 0 bridgehead atoms. The summed E-state index contributed by atoms with van der Waals surface area (Å²) in [6.07, 6.45) is 0.816. The number of H-pyrrole nitrogens is 1. The van der Waals surface area contributed by atoms with Crippen LogP contribution >= 0.6 is 15.9 Å². The van der Waals surface area contributed by atoms with E-state index < -0.39 is 0 Å². The molecule has 1 aromatic heterocycles. The third kappa shape index (κ3) is 1.67. The summed E-state index contributed by atoms with van der Waals surface area (Å²) in [6.45, 7) is 1.97. The summed E-state index contributed by atoms with van der Waals surface area (Å²) in [5, 5.41) is 0. The molecule has 0 spiro atoms. The lowest BCUT2D eigenvalue weighted by Crippen LogP contribution is -2.11. The molecule has 54 valence electrons. The number of aryl methyl sites for hydroxylation is 1. The quantitative estimate of drug-likeness (QED) is 0.694. The van der Waals surface area contributed by atoms with Crippen LogP contribution in [-0.2, 0) is 6.42 Å². The highest BCUT2D eigenvalue weighted by Gasteiger charge is 1.93. The van der Waals surface area contributed by atoms with E-state index in [1.807, 2.05) is 6.92 Å². The Morgan fingerprint density at radius 2 is 2.50 bits per heavy atom. The number of aromatic nitrogens is 2. The van der Waals surface area contributed by atoms with Gasteiger partial charge in [-0.3, -0.25) is 0 Å². The van der Waals surface area contributed by atoms with Gasteiger partial charge < -0.3 is 4.98 Å². The molecule has 0 atom stereocenters. The lowest BCUT2D eigenvalue weighted by molar-refractivity contribution is 0.944. The highest BCUT2D eigenvalue weighted by molar-refractivity contribution is 9.10. The summed E-state index contributed by atoms with van der Waals surface area (Å²) in [5.74, 6) is 0. The van der Waals surface area contributed by atoms with Gasteiger partial charge in [0.1, 0.15) is 4.60 Å². The topological polar surface area (TPSA) is 45.8 Å². The first kappa shape index (κ1) is 7.47. The van der Waals surface area contributed by atoms with Crippen LogP contribution in [0.25, 0.3) is 0 Å². The largest absolute Gasteiger partial charge is 0.346 e. The zero-order valence-electron chi connectivity index (χ0n) is 5.52. The summed E-state index contributed by atoms with van der Waals surface area (Å²) in [4.78, 5) is 16.9. The Morgan fingerprint density at radius 3 is 3.00 bits per heavy atom. The molecule has 0 amide bonds. The van der Waals surface area contributed by atoms with Crippen molar-refractivity contribution < 1.29 is 0 Å². The molecule has 0 aliphatic carbocycles. The van der Waals surface area contributed by atoms with Crippen LogP contribution in [0.4, 0.5) is 0 Å². The first-order valence-electron chi connectivity index (χ1n) is 2.98. The third-order valence-electron chi connectivity index (χ3n) is 1.15. The van der Waals surface area contributed by atoms with Gasteiger partial charge in [-0.15, -0.1) is 0 Å². The van der Waals surface area contributed by atoms with Crippen LogP contribution in [0.1, 0.15) is 12.6 Å². The zero-order valence-corrected chi connectivity index (χ0v) is 7.10. The molecule has 1 N–H and O–H groups in total.